The Morgan fingerprint density at radius 1 is 1.42 bits per heavy atom. The minimum absolute atomic E-state index is 0.0471. The number of rotatable bonds is 1. The summed E-state index contributed by atoms with van der Waals surface area (Å²) in [6.07, 6.45) is 0. The number of hydrogen-bond acceptors (Lipinski definition) is 4. The van der Waals surface area contributed by atoms with Crippen molar-refractivity contribution in [3.05, 3.63) is 27.3 Å². The Hall–Kier alpha value is -1.49. The Bertz CT molecular complexity index is 340. The van der Waals surface area contributed by atoms with Gasteiger partial charge in [-0.05, 0) is 6.07 Å². The zero-order valence-corrected chi connectivity index (χ0v) is 6.71. The molecule has 0 fully saturated rings. The highest BCUT2D eigenvalue weighted by atomic mass is 35.5. The Labute approximate surface area is 73.1 Å². The zero-order valence-electron chi connectivity index (χ0n) is 5.95. The first-order valence-electron chi connectivity index (χ1n) is 3.02. The summed E-state index contributed by atoms with van der Waals surface area (Å²) in [5.41, 5.74) is 10.8. The van der Waals surface area contributed by atoms with Crippen molar-refractivity contribution in [1.29, 1.82) is 0 Å². The number of nitrogen functional groups attached to an aromatic ring is 2. The lowest BCUT2D eigenvalue weighted by Gasteiger charge is -2.01. The fraction of sp³-hybridized carbons (Fsp3) is 0. The number of halogens is 1. The maximum Gasteiger partial charge on any atom is 0.290 e. The second-order valence-corrected chi connectivity index (χ2v) is 2.54. The van der Waals surface area contributed by atoms with Crippen molar-refractivity contribution in [2.24, 2.45) is 0 Å². The van der Waals surface area contributed by atoms with E-state index in [1.165, 1.54) is 12.1 Å². The predicted molar refractivity (Wildman–Crippen MR) is 46.9 cm³/mol. The third kappa shape index (κ3) is 1.26. The third-order valence-corrected chi connectivity index (χ3v) is 1.79. The van der Waals surface area contributed by atoms with Crippen molar-refractivity contribution in [3.8, 4) is 0 Å². The van der Waals surface area contributed by atoms with Crippen LogP contribution in [-0.2, 0) is 0 Å². The molecule has 0 aliphatic heterocycles. The summed E-state index contributed by atoms with van der Waals surface area (Å²) in [5, 5.41) is 10.2. The molecule has 0 saturated heterocycles. The first-order valence-corrected chi connectivity index (χ1v) is 3.39. The summed E-state index contributed by atoms with van der Waals surface area (Å²) in [5.74, 6) is 0. The molecule has 1 rings (SSSR count). The minimum atomic E-state index is -0.613. The van der Waals surface area contributed by atoms with Gasteiger partial charge in [0.2, 0.25) is 0 Å². The molecule has 0 aliphatic rings. The van der Waals surface area contributed by atoms with Crippen LogP contribution in [0.2, 0.25) is 5.02 Å². The van der Waals surface area contributed by atoms with Crippen LogP contribution >= 0.6 is 11.6 Å². The number of hydrogen-bond donors (Lipinski definition) is 2. The molecule has 0 radical (unpaired) electrons. The van der Waals surface area contributed by atoms with Gasteiger partial charge in [0.05, 0.1) is 16.3 Å². The summed E-state index contributed by atoms with van der Waals surface area (Å²) >= 11 is 5.55. The van der Waals surface area contributed by atoms with Crippen molar-refractivity contribution in [3.63, 3.8) is 0 Å². The minimum Gasteiger partial charge on any atom is -0.397 e. The van der Waals surface area contributed by atoms with Gasteiger partial charge < -0.3 is 11.5 Å². The Morgan fingerprint density at radius 3 is 2.50 bits per heavy atom. The molecule has 0 bridgehead atoms. The van der Waals surface area contributed by atoms with Crippen LogP contribution in [0.5, 0.6) is 0 Å². The van der Waals surface area contributed by atoms with Gasteiger partial charge in [-0.3, -0.25) is 10.1 Å². The number of nitro groups is 1. The fourth-order valence-electron chi connectivity index (χ4n) is 0.737. The number of anilines is 2. The number of benzene rings is 1. The molecule has 0 unspecified atom stereocenters. The first kappa shape index (κ1) is 8.61. The van der Waals surface area contributed by atoms with Crippen LogP contribution in [-0.4, -0.2) is 4.92 Å². The molecule has 0 heterocycles. The fourth-order valence-corrected chi connectivity index (χ4v) is 0.978. The normalized spacial score (nSPS) is 9.75. The van der Waals surface area contributed by atoms with Gasteiger partial charge in [-0.15, -0.1) is 0 Å². The van der Waals surface area contributed by atoms with E-state index in [4.69, 9.17) is 23.1 Å². The number of nitro benzene ring substituents is 1. The summed E-state index contributed by atoms with van der Waals surface area (Å²) < 4.78 is 0. The molecule has 6 heteroatoms. The summed E-state index contributed by atoms with van der Waals surface area (Å²) in [7, 11) is 0. The van der Waals surface area contributed by atoms with Gasteiger partial charge in [0.15, 0.2) is 0 Å². The Balaban J connectivity index is 3.36. The van der Waals surface area contributed by atoms with Crippen LogP contribution in [0.1, 0.15) is 0 Å². The number of nitrogens with zero attached hydrogens (tertiary/aromatic N) is 1. The third-order valence-electron chi connectivity index (χ3n) is 1.39. The monoisotopic (exact) mass is 187 g/mol. The van der Waals surface area contributed by atoms with E-state index < -0.39 is 4.92 Å². The molecule has 64 valence electrons. The lowest BCUT2D eigenvalue weighted by Crippen LogP contribution is -1.98. The van der Waals surface area contributed by atoms with Gasteiger partial charge in [-0.2, -0.15) is 0 Å². The maximum absolute atomic E-state index is 10.3. The summed E-state index contributed by atoms with van der Waals surface area (Å²) in [4.78, 5) is 9.70. The highest BCUT2D eigenvalue weighted by Gasteiger charge is 2.15. The largest absolute Gasteiger partial charge is 0.397 e. The molecule has 1 aromatic rings. The van der Waals surface area contributed by atoms with E-state index in [1.54, 1.807) is 0 Å². The van der Waals surface area contributed by atoms with Crippen LogP contribution in [0.25, 0.3) is 0 Å². The van der Waals surface area contributed by atoms with Crippen LogP contribution in [0, 0.1) is 10.1 Å². The van der Waals surface area contributed by atoms with Crippen molar-refractivity contribution in [2.45, 2.75) is 0 Å². The zero-order chi connectivity index (χ0) is 9.30. The van der Waals surface area contributed by atoms with E-state index >= 15 is 0 Å². The van der Waals surface area contributed by atoms with E-state index in [2.05, 4.69) is 0 Å². The molecule has 0 spiro atoms. The number of nitrogens with two attached hydrogens (primary N) is 2. The topological polar surface area (TPSA) is 95.2 Å². The first-order chi connectivity index (χ1) is 5.54. The van der Waals surface area contributed by atoms with Crippen molar-refractivity contribution >= 4 is 28.7 Å². The van der Waals surface area contributed by atoms with Crippen molar-refractivity contribution in [2.75, 3.05) is 11.5 Å². The van der Waals surface area contributed by atoms with E-state index in [9.17, 15) is 10.1 Å². The van der Waals surface area contributed by atoms with E-state index in [0.717, 1.165) is 0 Å². The molecule has 0 aliphatic carbocycles. The highest BCUT2D eigenvalue weighted by Crippen LogP contribution is 2.33. The van der Waals surface area contributed by atoms with Crippen LogP contribution < -0.4 is 11.5 Å². The summed E-state index contributed by atoms with van der Waals surface area (Å²) in [6.45, 7) is 0. The smallest absolute Gasteiger partial charge is 0.290 e. The highest BCUT2D eigenvalue weighted by molar-refractivity contribution is 6.35. The van der Waals surface area contributed by atoms with Crippen LogP contribution in [0.15, 0.2) is 12.1 Å². The molecule has 5 nitrogen and oxygen atoms in total. The average Bonchev–Trinajstić information content (AvgIpc) is 2.00. The molecule has 0 saturated carbocycles. The molecule has 1 aromatic carbocycles. The van der Waals surface area contributed by atoms with Crippen LogP contribution in [0.4, 0.5) is 17.1 Å². The Morgan fingerprint density at radius 2 is 2.00 bits per heavy atom. The SMILES string of the molecule is Nc1ccc([N+](=O)[O-])c(Cl)c1N. The molecule has 0 amide bonds. The van der Waals surface area contributed by atoms with Gasteiger partial charge in [0.25, 0.3) is 5.69 Å². The lowest BCUT2D eigenvalue weighted by molar-refractivity contribution is -0.384. The van der Waals surface area contributed by atoms with Gasteiger partial charge >= 0.3 is 0 Å². The standard InChI is InChI=1S/C6H6ClN3O2/c7-5-4(10(11)12)2-1-3(8)6(5)9/h1-2H,8-9H2. The lowest BCUT2D eigenvalue weighted by atomic mass is 10.2. The van der Waals surface area contributed by atoms with Gasteiger partial charge in [-0.1, -0.05) is 11.6 Å². The molecule has 0 atom stereocenters. The van der Waals surface area contributed by atoms with Crippen molar-refractivity contribution in [1.82, 2.24) is 0 Å². The maximum atomic E-state index is 10.3. The van der Waals surface area contributed by atoms with Crippen molar-refractivity contribution < 1.29 is 4.92 Å². The molecular weight excluding hydrogens is 182 g/mol. The molecular formula is C6H6ClN3O2. The van der Waals surface area contributed by atoms with Gasteiger partial charge in [-0.25, -0.2) is 0 Å². The average molecular weight is 188 g/mol. The van der Waals surface area contributed by atoms with E-state index in [1.807, 2.05) is 0 Å². The Kier molecular flexibility index (Phi) is 2.05. The second-order valence-electron chi connectivity index (χ2n) is 2.16. The molecule has 0 aromatic heterocycles. The molecule has 12 heavy (non-hydrogen) atoms. The molecule has 4 N–H and O–H groups in total. The summed E-state index contributed by atoms with van der Waals surface area (Å²) in [6, 6.07) is 2.56. The second kappa shape index (κ2) is 2.86. The van der Waals surface area contributed by atoms with E-state index in [-0.39, 0.29) is 22.1 Å². The van der Waals surface area contributed by atoms with Crippen LogP contribution in [0.3, 0.4) is 0 Å². The van der Waals surface area contributed by atoms with E-state index in [0.29, 0.717) is 0 Å². The van der Waals surface area contributed by atoms with Gasteiger partial charge in [0, 0.05) is 6.07 Å². The van der Waals surface area contributed by atoms with Gasteiger partial charge in [0.1, 0.15) is 5.02 Å². The predicted octanol–water partition coefficient (Wildman–Crippen LogP) is 1.41. The quantitative estimate of drug-likeness (QED) is 0.395.